The molecule has 2 amide bonds. The van der Waals surface area contributed by atoms with Crippen LogP contribution in [0.3, 0.4) is 0 Å². The molecule has 0 aliphatic heterocycles. The van der Waals surface area contributed by atoms with E-state index in [-0.39, 0.29) is 29.7 Å². The first-order valence-corrected chi connectivity index (χ1v) is 5.29. The molecule has 5 heteroatoms. The number of primary amides is 1. The Bertz CT molecular complexity index is 261. The van der Waals surface area contributed by atoms with Crippen LogP contribution in [0.1, 0.15) is 32.6 Å². The maximum absolute atomic E-state index is 11.6. The molecule has 1 saturated carbocycles. The van der Waals surface area contributed by atoms with Crippen LogP contribution in [0.15, 0.2) is 0 Å². The van der Waals surface area contributed by atoms with Crippen molar-refractivity contribution in [3.05, 3.63) is 0 Å². The predicted molar refractivity (Wildman–Crippen MR) is 56.8 cm³/mol. The van der Waals surface area contributed by atoms with E-state index in [1.807, 2.05) is 0 Å². The maximum Gasteiger partial charge on any atom is 0.224 e. The van der Waals surface area contributed by atoms with Crippen LogP contribution in [0.5, 0.6) is 0 Å². The van der Waals surface area contributed by atoms with E-state index >= 15 is 0 Å². The van der Waals surface area contributed by atoms with E-state index in [2.05, 4.69) is 5.32 Å². The average molecular weight is 213 g/mol. The summed E-state index contributed by atoms with van der Waals surface area (Å²) in [5, 5.41) is 2.89. The average Bonchev–Trinajstić information content (AvgIpc) is 2.12. The molecular formula is C10H19N3O2. The van der Waals surface area contributed by atoms with Crippen LogP contribution in [0, 0.1) is 5.92 Å². The minimum atomic E-state index is -0.383. The number of rotatable bonds is 5. The normalized spacial score (nSPS) is 20.1. The smallest absolute Gasteiger partial charge is 0.224 e. The molecule has 0 saturated heterocycles. The molecule has 0 bridgehead atoms. The van der Waals surface area contributed by atoms with Gasteiger partial charge in [0.05, 0.1) is 0 Å². The number of nitrogens with two attached hydrogens (primary N) is 2. The summed E-state index contributed by atoms with van der Waals surface area (Å²) in [5.74, 6) is -0.663. The quantitative estimate of drug-likeness (QED) is 0.574. The molecule has 1 rings (SSSR count). The summed E-state index contributed by atoms with van der Waals surface area (Å²) >= 11 is 0. The largest absolute Gasteiger partial charge is 0.370 e. The summed E-state index contributed by atoms with van der Waals surface area (Å²) in [6.45, 7) is 2.09. The summed E-state index contributed by atoms with van der Waals surface area (Å²) in [6, 6.07) is 0. The molecule has 1 atom stereocenters. The molecule has 1 unspecified atom stereocenters. The van der Waals surface area contributed by atoms with Gasteiger partial charge in [-0.3, -0.25) is 9.59 Å². The number of amides is 2. The van der Waals surface area contributed by atoms with Gasteiger partial charge < -0.3 is 16.8 Å². The van der Waals surface area contributed by atoms with Crippen molar-refractivity contribution in [2.45, 2.75) is 38.1 Å². The van der Waals surface area contributed by atoms with Crippen LogP contribution < -0.4 is 16.8 Å². The van der Waals surface area contributed by atoms with Crippen LogP contribution in [-0.2, 0) is 9.59 Å². The minimum Gasteiger partial charge on any atom is -0.370 e. The van der Waals surface area contributed by atoms with Crippen molar-refractivity contribution in [3.8, 4) is 0 Å². The van der Waals surface area contributed by atoms with Gasteiger partial charge in [-0.25, -0.2) is 0 Å². The Morgan fingerprint density at radius 2 is 2.07 bits per heavy atom. The predicted octanol–water partition coefficient (Wildman–Crippen LogP) is -0.504. The summed E-state index contributed by atoms with van der Waals surface area (Å²) in [7, 11) is 0. The lowest BCUT2D eigenvalue weighted by Crippen LogP contribution is -2.57. The van der Waals surface area contributed by atoms with Crippen molar-refractivity contribution in [1.82, 2.24) is 5.32 Å². The second-order valence-electron chi connectivity index (χ2n) is 4.40. The van der Waals surface area contributed by atoms with E-state index in [4.69, 9.17) is 11.5 Å². The maximum atomic E-state index is 11.6. The van der Waals surface area contributed by atoms with Gasteiger partial charge in [-0.1, -0.05) is 6.92 Å². The van der Waals surface area contributed by atoms with Gasteiger partial charge in [0, 0.05) is 24.4 Å². The molecule has 1 aliphatic carbocycles. The first-order valence-electron chi connectivity index (χ1n) is 5.29. The van der Waals surface area contributed by atoms with Crippen LogP contribution in [0.25, 0.3) is 0 Å². The van der Waals surface area contributed by atoms with E-state index < -0.39 is 0 Å². The van der Waals surface area contributed by atoms with Gasteiger partial charge in [-0.05, 0) is 19.3 Å². The van der Waals surface area contributed by atoms with Crippen molar-refractivity contribution in [3.63, 3.8) is 0 Å². The van der Waals surface area contributed by atoms with Gasteiger partial charge in [0.1, 0.15) is 0 Å². The summed E-state index contributed by atoms with van der Waals surface area (Å²) in [6.07, 6.45) is 2.93. The van der Waals surface area contributed by atoms with E-state index in [0.717, 1.165) is 19.3 Å². The summed E-state index contributed by atoms with van der Waals surface area (Å²) < 4.78 is 0. The topological polar surface area (TPSA) is 98.2 Å². The van der Waals surface area contributed by atoms with Crippen molar-refractivity contribution < 1.29 is 9.59 Å². The van der Waals surface area contributed by atoms with E-state index in [9.17, 15) is 9.59 Å². The lowest BCUT2D eigenvalue weighted by Gasteiger charge is -2.42. The summed E-state index contributed by atoms with van der Waals surface area (Å²) in [4.78, 5) is 22.5. The van der Waals surface area contributed by atoms with Gasteiger partial charge in [0.2, 0.25) is 11.8 Å². The van der Waals surface area contributed by atoms with Crippen molar-refractivity contribution >= 4 is 11.8 Å². The summed E-state index contributed by atoms with van der Waals surface area (Å²) in [5.41, 5.74) is 10.2. The van der Waals surface area contributed by atoms with Gasteiger partial charge in [-0.2, -0.15) is 0 Å². The van der Waals surface area contributed by atoms with Crippen LogP contribution in [0.2, 0.25) is 0 Å². The van der Waals surface area contributed by atoms with Gasteiger partial charge in [-0.15, -0.1) is 0 Å². The molecule has 0 aromatic carbocycles. The Morgan fingerprint density at radius 1 is 1.47 bits per heavy atom. The molecule has 0 aromatic heterocycles. The molecule has 5 nitrogen and oxygen atoms in total. The van der Waals surface area contributed by atoms with Crippen LogP contribution >= 0.6 is 0 Å². The Morgan fingerprint density at radius 3 is 2.40 bits per heavy atom. The fourth-order valence-electron chi connectivity index (χ4n) is 1.77. The Kier molecular flexibility index (Phi) is 3.68. The molecule has 0 spiro atoms. The molecule has 1 fully saturated rings. The fourth-order valence-corrected chi connectivity index (χ4v) is 1.77. The zero-order valence-electron chi connectivity index (χ0n) is 9.08. The van der Waals surface area contributed by atoms with Crippen molar-refractivity contribution in [2.75, 3.05) is 6.54 Å². The zero-order valence-corrected chi connectivity index (χ0v) is 9.08. The van der Waals surface area contributed by atoms with Gasteiger partial charge in [0.15, 0.2) is 0 Å². The lowest BCUT2D eigenvalue weighted by molar-refractivity contribution is -0.128. The van der Waals surface area contributed by atoms with Crippen molar-refractivity contribution in [1.29, 1.82) is 0 Å². The van der Waals surface area contributed by atoms with E-state index in [1.165, 1.54) is 0 Å². The molecule has 5 N–H and O–H groups in total. The molecule has 0 radical (unpaired) electrons. The number of nitrogens with one attached hydrogen (secondary N) is 1. The highest BCUT2D eigenvalue weighted by atomic mass is 16.2. The third-order valence-electron chi connectivity index (χ3n) is 3.01. The fraction of sp³-hybridized carbons (Fsp3) is 0.800. The Hall–Kier alpha value is -1.10. The van der Waals surface area contributed by atoms with Crippen molar-refractivity contribution in [2.24, 2.45) is 17.4 Å². The SMILES string of the molecule is CC(CN)C(=O)NC1(CC(N)=O)CCC1. The first-order chi connectivity index (χ1) is 6.99. The zero-order chi connectivity index (χ0) is 11.5. The number of hydrogen-bond acceptors (Lipinski definition) is 3. The second kappa shape index (κ2) is 4.61. The van der Waals surface area contributed by atoms with E-state index in [1.54, 1.807) is 6.92 Å². The highest BCUT2D eigenvalue weighted by Gasteiger charge is 2.40. The molecule has 15 heavy (non-hydrogen) atoms. The first kappa shape index (κ1) is 12.0. The third-order valence-corrected chi connectivity index (χ3v) is 3.01. The van der Waals surface area contributed by atoms with Crippen LogP contribution in [0.4, 0.5) is 0 Å². The monoisotopic (exact) mass is 213 g/mol. The lowest BCUT2D eigenvalue weighted by atomic mass is 9.74. The Labute approximate surface area is 89.6 Å². The highest BCUT2D eigenvalue weighted by molar-refractivity contribution is 5.81. The molecule has 0 heterocycles. The van der Waals surface area contributed by atoms with E-state index in [0.29, 0.717) is 6.54 Å². The Balaban J connectivity index is 2.53. The van der Waals surface area contributed by atoms with Crippen LogP contribution in [-0.4, -0.2) is 23.9 Å². The molecule has 1 aliphatic rings. The highest BCUT2D eigenvalue weighted by Crippen LogP contribution is 2.34. The number of carbonyl (C=O) groups excluding carboxylic acids is 2. The van der Waals surface area contributed by atoms with Gasteiger partial charge in [0.25, 0.3) is 0 Å². The number of carbonyl (C=O) groups is 2. The minimum absolute atomic E-state index is 0.0848. The standard InChI is InChI=1S/C10H19N3O2/c1-7(6-11)9(15)13-10(3-2-4-10)5-8(12)14/h7H,2-6,11H2,1H3,(H2,12,14)(H,13,15). The molecule has 0 aromatic rings. The number of hydrogen-bond donors (Lipinski definition) is 3. The third kappa shape index (κ3) is 2.92. The van der Waals surface area contributed by atoms with Gasteiger partial charge >= 0.3 is 0 Å². The molecular weight excluding hydrogens is 194 g/mol. The second-order valence-corrected chi connectivity index (χ2v) is 4.40. The molecule has 86 valence electrons.